The summed E-state index contributed by atoms with van der Waals surface area (Å²) < 4.78 is 10.3. The van der Waals surface area contributed by atoms with Crippen LogP contribution in [0.25, 0.3) is 0 Å². The van der Waals surface area contributed by atoms with E-state index in [-0.39, 0.29) is 11.8 Å². The van der Waals surface area contributed by atoms with Crippen LogP contribution >= 0.6 is 0 Å². The maximum atomic E-state index is 11.4. The van der Waals surface area contributed by atoms with Gasteiger partial charge < -0.3 is 14.1 Å². The fourth-order valence-corrected chi connectivity index (χ4v) is 2.72. The number of likely N-dealkylation sites (tertiary alicyclic amines) is 1. The first-order valence-corrected chi connectivity index (χ1v) is 7.11. The molecule has 0 amide bonds. The van der Waals surface area contributed by atoms with Crippen LogP contribution in [-0.2, 0) is 4.74 Å². The molecule has 20 heavy (non-hydrogen) atoms. The van der Waals surface area contributed by atoms with Gasteiger partial charge >= 0.3 is 5.97 Å². The summed E-state index contributed by atoms with van der Waals surface area (Å²) in [6, 6.07) is 4.32. The van der Waals surface area contributed by atoms with E-state index in [1.807, 2.05) is 6.07 Å². The number of nitrogens with zero attached hydrogens (tertiary/aromatic N) is 2. The van der Waals surface area contributed by atoms with Crippen LogP contribution in [0.5, 0.6) is 0 Å². The number of hydrogen-bond acceptors (Lipinski definition) is 5. The average Bonchev–Trinajstić information content (AvgIpc) is 2.95. The van der Waals surface area contributed by atoms with Gasteiger partial charge in [-0.2, -0.15) is 0 Å². The molecule has 1 aliphatic rings. The van der Waals surface area contributed by atoms with Crippen molar-refractivity contribution in [3.63, 3.8) is 0 Å². The quantitative estimate of drug-likeness (QED) is 0.791. The van der Waals surface area contributed by atoms with Crippen molar-refractivity contribution >= 4 is 5.97 Å². The summed E-state index contributed by atoms with van der Waals surface area (Å²) in [5, 5.41) is 0. The lowest BCUT2D eigenvalue weighted by molar-refractivity contribution is 0.0552. The Morgan fingerprint density at radius 1 is 1.50 bits per heavy atom. The number of likely N-dealkylation sites (N-methyl/N-ethyl adjacent to an activating group) is 1. The van der Waals surface area contributed by atoms with Gasteiger partial charge in [-0.15, -0.1) is 0 Å². The fourth-order valence-electron chi connectivity index (χ4n) is 2.72. The minimum absolute atomic E-state index is 0.177. The fraction of sp³-hybridized carbons (Fsp3) is 0.667. The highest BCUT2D eigenvalue weighted by molar-refractivity contribution is 5.86. The minimum Gasteiger partial charge on any atom is -0.463 e. The van der Waals surface area contributed by atoms with Crippen molar-refractivity contribution in [1.82, 2.24) is 9.80 Å². The molecule has 0 N–H and O–H groups in total. The maximum Gasteiger partial charge on any atom is 0.373 e. The monoisotopic (exact) mass is 280 g/mol. The predicted molar refractivity (Wildman–Crippen MR) is 76.7 cm³/mol. The molecule has 5 heteroatoms. The number of ether oxygens (including phenoxy) is 1. The molecule has 1 saturated heterocycles. The van der Waals surface area contributed by atoms with Crippen LogP contribution in [-0.4, -0.2) is 56.1 Å². The second-order valence-electron chi connectivity index (χ2n) is 5.62. The summed E-state index contributed by atoms with van der Waals surface area (Å²) in [4.78, 5) is 16.1. The van der Waals surface area contributed by atoms with Gasteiger partial charge in [-0.3, -0.25) is 4.90 Å². The van der Waals surface area contributed by atoms with E-state index >= 15 is 0 Å². The molecule has 5 nitrogen and oxygen atoms in total. The van der Waals surface area contributed by atoms with Crippen LogP contribution in [0.1, 0.15) is 42.1 Å². The van der Waals surface area contributed by atoms with Crippen molar-refractivity contribution in [2.75, 3.05) is 34.3 Å². The summed E-state index contributed by atoms with van der Waals surface area (Å²) in [5.74, 6) is 0.675. The van der Waals surface area contributed by atoms with E-state index in [0.717, 1.165) is 18.8 Å². The van der Waals surface area contributed by atoms with Crippen molar-refractivity contribution in [3.05, 3.63) is 23.7 Å². The van der Waals surface area contributed by atoms with Gasteiger partial charge in [-0.25, -0.2) is 4.79 Å². The Balaban J connectivity index is 2.05. The van der Waals surface area contributed by atoms with E-state index in [9.17, 15) is 4.79 Å². The van der Waals surface area contributed by atoms with Crippen LogP contribution in [0.15, 0.2) is 16.5 Å². The van der Waals surface area contributed by atoms with E-state index < -0.39 is 5.97 Å². The maximum absolute atomic E-state index is 11.4. The van der Waals surface area contributed by atoms with Gasteiger partial charge in [0, 0.05) is 12.6 Å². The summed E-state index contributed by atoms with van der Waals surface area (Å²) in [6.07, 6.45) is 2.43. The van der Waals surface area contributed by atoms with Crippen LogP contribution in [0.4, 0.5) is 0 Å². The molecule has 1 fully saturated rings. The molecule has 0 aromatic carbocycles. The molecule has 0 radical (unpaired) electrons. The molecule has 2 atom stereocenters. The molecule has 0 spiro atoms. The Hall–Kier alpha value is -1.33. The first-order valence-electron chi connectivity index (χ1n) is 7.11. The number of carbonyl (C=O) groups excluding carboxylic acids is 1. The zero-order chi connectivity index (χ0) is 14.7. The number of methoxy groups -OCH3 is 1. The topological polar surface area (TPSA) is 45.9 Å². The number of carbonyl (C=O) groups is 1. The van der Waals surface area contributed by atoms with E-state index in [0.29, 0.717) is 6.04 Å². The van der Waals surface area contributed by atoms with Crippen LogP contribution in [0.2, 0.25) is 0 Å². The lowest BCUT2D eigenvalue weighted by Gasteiger charge is -2.38. The van der Waals surface area contributed by atoms with Crippen LogP contribution in [0.3, 0.4) is 0 Å². The molecule has 112 valence electrons. The lowest BCUT2D eigenvalue weighted by Crippen LogP contribution is -2.45. The van der Waals surface area contributed by atoms with Gasteiger partial charge in [0.05, 0.1) is 13.2 Å². The van der Waals surface area contributed by atoms with Gasteiger partial charge in [0.2, 0.25) is 5.76 Å². The molecule has 0 bridgehead atoms. The Bertz CT molecular complexity index is 456. The summed E-state index contributed by atoms with van der Waals surface area (Å²) >= 11 is 0. The van der Waals surface area contributed by atoms with E-state index in [1.54, 1.807) is 6.07 Å². The Kier molecular flexibility index (Phi) is 4.83. The molecule has 1 aromatic rings. The molecule has 2 unspecified atom stereocenters. The molecule has 2 heterocycles. The summed E-state index contributed by atoms with van der Waals surface area (Å²) in [5.41, 5.74) is 0. The van der Waals surface area contributed by atoms with Crippen molar-refractivity contribution in [2.24, 2.45) is 0 Å². The number of esters is 1. The Morgan fingerprint density at radius 3 is 2.90 bits per heavy atom. The summed E-state index contributed by atoms with van der Waals surface area (Å²) in [7, 11) is 5.61. The standard InChI is InChI=1S/C15H24N2O3/c1-11(13-7-8-14(20-13)15(18)19-4)17-9-5-6-12(10-17)16(2)3/h7-8,11-12H,5-6,9-10H2,1-4H3. The van der Waals surface area contributed by atoms with Crippen molar-refractivity contribution < 1.29 is 13.9 Å². The van der Waals surface area contributed by atoms with Gasteiger partial charge in [0.15, 0.2) is 0 Å². The van der Waals surface area contributed by atoms with Crippen molar-refractivity contribution in [3.8, 4) is 0 Å². The van der Waals surface area contributed by atoms with Crippen molar-refractivity contribution in [2.45, 2.75) is 31.8 Å². The number of hydrogen-bond donors (Lipinski definition) is 0. The van der Waals surface area contributed by atoms with Gasteiger partial charge in [-0.1, -0.05) is 0 Å². The highest BCUT2D eigenvalue weighted by Crippen LogP contribution is 2.26. The molecular formula is C15H24N2O3. The second-order valence-corrected chi connectivity index (χ2v) is 5.62. The molecule has 0 saturated carbocycles. The van der Waals surface area contributed by atoms with Gasteiger partial charge in [0.25, 0.3) is 0 Å². The zero-order valence-electron chi connectivity index (χ0n) is 12.8. The molecule has 1 aromatic heterocycles. The highest BCUT2D eigenvalue weighted by atomic mass is 16.5. The molecule has 2 rings (SSSR count). The number of piperidine rings is 1. The normalized spacial score (nSPS) is 21.9. The van der Waals surface area contributed by atoms with Crippen LogP contribution < -0.4 is 0 Å². The first-order chi connectivity index (χ1) is 9.52. The molecule has 0 aliphatic carbocycles. The zero-order valence-corrected chi connectivity index (χ0v) is 12.8. The van der Waals surface area contributed by atoms with E-state index in [4.69, 9.17) is 4.42 Å². The van der Waals surface area contributed by atoms with Gasteiger partial charge in [0.1, 0.15) is 5.76 Å². The first kappa shape index (κ1) is 15.1. The minimum atomic E-state index is -0.423. The SMILES string of the molecule is COC(=O)c1ccc(C(C)N2CCCC(N(C)C)C2)o1. The third kappa shape index (κ3) is 3.22. The second kappa shape index (κ2) is 6.41. The third-order valence-corrected chi connectivity index (χ3v) is 4.13. The smallest absolute Gasteiger partial charge is 0.373 e. The summed E-state index contributed by atoms with van der Waals surface area (Å²) in [6.45, 7) is 4.22. The Morgan fingerprint density at radius 2 is 2.25 bits per heavy atom. The lowest BCUT2D eigenvalue weighted by atomic mass is 10.0. The average molecular weight is 280 g/mol. The van der Waals surface area contributed by atoms with E-state index in [2.05, 4.69) is 35.6 Å². The van der Waals surface area contributed by atoms with Gasteiger partial charge in [-0.05, 0) is 52.5 Å². The highest BCUT2D eigenvalue weighted by Gasteiger charge is 2.27. The number of furan rings is 1. The number of rotatable bonds is 4. The van der Waals surface area contributed by atoms with Crippen LogP contribution in [0, 0.1) is 0 Å². The molecule has 1 aliphatic heterocycles. The predicted octanol–water partition coefficient (Wildman–Crippen LogP) is 2.15. The Labute approximate surface area is 120 Å². The van der Waals surface area contributed by atoms with E-state index in [1.165, 1.54) is 20.0 Å². The third-order valence-electron chi connectivity index (χ3n) is 4.13. The van der Waals surface area contributed by atoms with Crippen molar-refractivity contribution in [1.29, 1.82) is 0 Å². The largest absolute Gasteiger partial charge is 0.463 e. The molecular weight excluding hydrogens is 256 g/mol.